The van der Waals surface area contributed by atoms with E-state index < -0.39 is 0 Å². The third-order valence-corrected chi connectivity index (χ3v) is 4.35. The summed E-state index contributed by atoms with van der Waals surface area (Å²) >= 11 is 0. The number of hydrogen-bond acceptors (Lipinski definition) is 4. The Morgan fingerprint density at radius 1 is 1.41 bits per heavy atom. The molecule has 116 valence electrons. The van der Waals surface area contributed by atoms with E-state index in [2.05, 4.69) is 10.3 Å². The average Bonchev–Trinajstić information content (AvgIpc) is 3.06. The number of nitrogens with zero attached hydrogens (tertiary/aromatic N) is 2. The van der Waals surface area contributed by atoms with Crippen LogP contribution in [0.15, 0.2) is 24.3 Å². The first-order chi connectivity index (χ1) is 10.6. The maximum absolute atomic E-state index is 12.8. The molecule has 1 aliphatic heterocycles. The molecule has 0 spiro atoms. The maximum atomic E-state index is 12.8. The molecule has 2 aromatic rings. The van der Waals surface area contributed by atoms with E-state index in [1.165, 1.54) is 0 Å². The molecule has 2 heterocycles. The molecule has 1 saturated heterocycles. The lowest BCUT2D eigenvalue weighted by Crippen LogP contribution is -2.38. The van der Waals surface area contributed by atoms with Gasteiger partial charge < -0.3 is 15.0 Å². The molecule has 1 aromatic heterocycles. The highest BCUT2D eigenvalue weighted by Crippen LogP contribution is 2.23. The second-order valence-electron chi connectivity index (χ2n) is 5.74. The van der Waals surface area contributed by atoms with Crippen molar-refractivity contribution in [2.45, 2.75) is 19.4 Å². The number of benzene rings is 1. The Morgan fingerprint density at radius 2 is 2.23 bits per heavy atom. The lowest BCUT2D eigenvalue weighted by Gasteiger charge is -2.24. The van der Waals surface area contributed by atoms with Crippen LogP contribution < -0.4 is 10.1 Å². The number of fused-ring (bicyclic) bond motifs is 1. The molecule has 1 amide bonds. The Balaban J connectivity index is 1.96. The molecule has 1 unspecified atom stereocenters. The highest BCUT2D eigenvalue weighted by molar-refractivity contribution is 5.98. The minimum absolute atomic E-state index is 0.0384. The highest BCUT2D eigenvalue weighted by atomic mass is 16.5. The van der Waals surface area contributed by atoms with Crippen molar-refractivity contribution in [1.82, 2.24) is 15.2 Å². The SMILES string of the molecule is COc1ccc2cc(C(=O)N(C)C3CCNC3)c(C)nc2c1. The van der Waals surface area contributed by atoms with Crippen molar-refractivity contribution in [1.29, 1.82) is 0 Å². The summed E-state index contributed by atoms with van der Waals surface area (Å²) in [5, 5.41) is 4.24. The Bertz CT molecular complexity index is 708. The quantitative estimate of drug-likeness (QED) is 0.941. The number of carbonyl (C=O) groups excluding carboxylic acids is 1. The number of likely N-dealkylation sites (N-methyl/N-ethyl adjacent to an activating group) is 1. The van der Waals surface area contributed by atoms with Crippen LogP contribution >= 0.6 is 0 Å². The summed E-state index contributed by atoms with van der Waals surface area (Å²) in [5.74, 6) is 0.809. The number of methoxy groups -OCH3 is 1. The second-order valence-corrected chi connectivity index (χ2v) is 5.74. The topological polar surface area (TPSA) is 54.5 Å². The maximum Gasteiger partial charge on any atom is 0.255 e. The predicted octanol–water partition coefficient (Wildman–Crippen LogP) is 1.99. The van der Waals surface area contributed by atoms with Crippen molar-refractivity contribution in [2.24, 2.45) is 0 Å². The van der Waals surface area contributed by atoms with Crippen molar-refractivity contribution in [3.8, 4) is 5.75 Å². The molecule has 5 nitrogen and oxygen atoms in total. The first kappa shape index (κ1) is 14.8. The summed E-state index contributed by atoms with van der Waals surface area (Å²) in [6.07, 6.45) is 1.000. The molecular weight excluding hydrogens is 278 g/mol. The van der Waals surface area contributed by atoms with Gasteiger partial charge in [-0.25, -0.2) is 0 Å². The van der Waals surface area contributed by atoms with Crippen molar-refractivity contribution in [2.75, 3.05) is 27.2 Å². The molecule has 0 bridgehead atoms. The van der Waals surface area contributed by atoms with Crippen LogP contribution in [0.1, 0.15) is 22.5 Å². The van der Waals surface area contributed by atoms with Crippen LogP contribution in [-0.2, 0) is 0 Å². The van der Waals surface area contributed by atoms with Gasteiger partial charge in [0.25, 0.3) is 5.91 Å². The number of hydrogen-bond donors (Lipinski definition) is 1. The van der Waals surface area contributed by atoms with E-state index in [1.54, 1.807) is 7.11 Å². The van der Waals surface area contributed by atoms with E-state index >= 15 is 0 Å². The van der Waals surface area contributed by atoms with Gasteiger partial charge in [0, 0.05) is 31.1 Å². The van der Waals surface area contributed by atoms with Crippen LogP contribution in [0.3, 0.4) is 0 Å². The first-order valence-corrected chi connectivity index (χ1v) is 7.53. The zero-order valence-electron chi connectivity index (χ0n) is 13.2. The molecule has 22 heavy (non-hydrogen) atoms. The third-order valence-electron chi connectivity index (χ3n) is 4.35. The molecular formula is C17H21N3O2. The zero-order chi connectivity index (χ0) is 15.7. The molecule has 3 rings (SSSR count). The van der Waals surface area contributed by atoms with Gasteiger partial charge in [0.15, 0.2) is 0 Å². The van der Waals surface area contributed by atoms with Crippen LogP contribution in [0.2, 0.25) is 0 Å². The largest absolute Gasteiger partial charge is 0.497 e. The zero-order valence-corrected chi connectivity index (χ0v) is 13.2. The molecule has 5 heteroatoms. The van der Waals surface area contributed by atoms with Crippen LogP contribution in [0.25, 0.3) is 10.9 Å². The van der Waals surface area contributed by atoms with Crippen molar-refractivity contribution >= 4 is 16.8 Å². The summed E-state index contributed by atoms with van der Waals surface area (Å²) in [6.45, 7) is 3.71. The lowest BCUT2D eigenvalue weighted by molar-refractivity contribution is 0.0743. The fourth-order valence-electron chi connectivity index (χ4n) is 2.91. The number of ether oxygens (including phenoxy) is 1. The number of aromatic nitrogens is 1. The number of carbonyl (C=O) groups is 1. The van der Waals surface area contributed by atoms with Crippen LogP contribution in [-0.4, -0.2) is 49.1 Å². The van der Waals surface area contributed by atoms with Crippen LogP contribution in [0.4, 0.5) is 0 Å². The normalized spacial score (nSPS) is 17.7. The van der Waals surface area contributed by atoms with Gasteiger partial charge in [-0.15, -0.1) is 0 Å². The molecule has 1 aromatic carbocycles. The van der Waals surface area contributed by atoms with Crippen molar-refractivity contribution in [3.05, 3.63) is 35.5 Å². The van der Waals surface area contributed by atoms with Crippen molar-refractivity contribution < 1.29 is 9.53 Å². The van der Waals surface area contributed by atoms with Gasteiger partial charge in [0.2, 0.25) is 0 Å². The smallest absolute Gasteiger partial charge is 0.255 e. The molecule has 0 radical (unpaired) electrons. The third kappa shape index (κ3) is 2.64. The number of amides is 1. The second kappa shape index (κ2) is 5.93. The van der Waals surface area contributed by atoms with Crippen LogP contribution in [0.5, 0.6) is 5.75 Å². The summed E-state index contributed by atoms with van der Waals surface area (Å²) in [5.41, 5.74) is 2.27. The van der Waals surface area contributed by atoms with E-state index in [0.29, 0.717) is 5.56 Å². The summed E-state index contributed by atoms with van der Waals surface area (Å²) < 4.78 is 5.22. The molecule has 1 N–H and O–H groups in total. The highest BCUT2D eigenvalue weighted by Gasteiger charge is 2.25. The van der Waals surface area contributed by atoms with Gasteiger partial charge in [-0.2, -0.15) is 0 Å². The fraction of sp³-hybridized carbons (Fsp3) is 0.412. The number of rotatable bonds is 3. The van der Waals surface area contributed by atoms with Gasteiger partial charge in [-0.05, 0) is 38.1 Å². The standard InChI is InChI=1S/C17H21N3O2/c1-11-15(17(21)20(2)13-6-7-18-10-13)8-12-4-5-14(22-3)9-16(12)19-11/h4-5,8-9,13,18H,6-7,10H2,1-3H3. The van der Waals surface area contributed by atoms with E-state index in [4.69, 9.17) is 4.74 Å². The molecule has 1 aliphatic rings. The molecule has 0 saturated carbocycles. The Kier molecular flexibility index (Phi) is 3.98. The minimum Gasteiger partial charge on any atom is -0.497 e. The van der Waals surface area contributed by atoms with E-state index in [1.807, 2.05) is 43.1 Å². The molecule has 1 atom stereocenters. The van der Waals surface area contributed by atoms with Crippen LogP contribution in [0, 0.1) is 6.92 Å². The van der Waals surface area contributed by atoms with Gasteiger partial charge in [0.05, 0.1) is 23.9 Å². The van der Waals surface area contributed by atoms with Gasteiger partial charge in [-0.3, -0.25) is 9.78 Å². The van der Waals surface area contributed by atoms with E-state index in [9.17, 15) is 4.79 Å². The summed E-state index contributed by atoms with van der Waals surface area (Å²) in [7, 11) is 3.51. The van der Waals surface area contributed by atoms with Gasteiger partial charge in [0.1, 0.15) is 5.75 Å². The Morgan fingerprint density at radius 3 is 2.91 bits per heavy atom. The molecule has 0 aliphatic carbocycles. The monoisotopic (exact) mass is 299 g/mol. The first-order valence-electron chi connectivity index (χ1n) is 7.53. The number of aryl methyl sites for hydroxylation is 1. The number of pyridine rings is 1. The van der Waals surface area contributed by atoms with E-state index in [0.717, 1.165) is 41.9 Å². The lowest BCUT2D eigenvalue weighted by atomic mass is 10.1. The minimum atomic E-state index is 0.0384. The summed E-state index contributed by atoms with van der Waals surface area (Å²) in [6, 6.07) is 7.91. The summed E-state index contributed by atoms with van der Waals surface area (Å²) in [4.78, 5) is 19.2. The number of nitrogens with one attached hydrogen (secondary N) is 1. The molecule has 1 fully saturated rings. The van der Waals surface area contributed by atoms with Gasteiger partial charge in [-0.1, -0.05) is 0 Å². The Hall–Kier alpha value is -2.14. The fourth-order valence-corrected chi connectivity index (χ4v) is 2.91. The Labute approximate surface area is 130 Å². The van der Waals surface area contributed by atoms with Crippen molar-refractivity contribution in [3.63, 3.8) is 0 Å². The van der Waals surface area contributed by atoms with E-state index in [-0.39, 0.29) is 11.9 Å². The average molecular weight is 299 g/mol. The van der Waals surface area contributed by atoms with Gasteiger partial charge >= 0.3 is 0 Å². The predicted molar refractivity (Wildman–Crippen MR) is 86.4 cm³/mol.